The molecule has 2 unspecified atom stereocenters. The van der Waals surface area contributed by atoms with E-state index in [1.54, 1.807) is 52.5 Å². The summed E-state index contributed by atoms with van der Waals surface area (Å²) in [6.07, 6.45) is 18.5. The number of allylic oxidation sites excluding steroid dienone is 10. The molecule has 0 nitrogen and oxygen atoms in total. The molecule has 0 N–H and O–H groups in total. The molecule has 2 aromatic rings. The number of rotatable bonds is 0. The van der Waals surface area contributed by atoms with Crippen molar-refractivity contribution < 1.29 is 24.2 Å². The fourth-order valence-corrected chi connectivity index (χ4v) is 8.40. The molecule has 0 amide bonds. The van der Waals surface area contributed by atoms with Gasteiger partial charge >= 0.3 is 28.4 Å². The van der Waals surface area contributed by atoms with E-state index >= 15 is 0 Å². The fraction of sp³-hybridized carbons (Fsp3) is 0.415. The predicted molar refractivity (Wildman–Crippen MR) is 198 cm³/mol. The molecule has 2 atom stereocenters. The molecular formula is C41H50Cl3Zr-3. The van der Waals surface area contributed by atoms with Gasteiger partial charge in [-0.25, -0.2) is 18.1 Å². The Balaban J connectivity index is 0.000000367. The average Bonchev–Trinajstić information content (AvgIpc) is 3.70. The van der Waals surface area contributed by atoms with Crippen molar-refractivity contribution in [3.63, 3.8) is 0 Å². The summed E-state index contributed by atoms with van der Waals surface area (Å²) in [5.74, 6) is 2.24. The summed E-state index contributed by atoms with van der Waals surface area (Å²) < 4.78 is 3.34. The van der Waals surface area contributed by atoms with Gasteiger partial charge in [0.2, 0.25) is 0 Å². The van der Waals surface area contributed by atoms with Crippen LogP contribution in [0.15, 0.2) is 95.6 Å². The first-order valence-electron chi connectivity index (χ1n) is 15.6. The Bertz CT molecular complexity index is 1460. The normalized spacial score (nSPS) is 24.8. The van der Waals surface area contributed by atoms with Crippen LogP contribution < -0.4 is 0 Å². The first-order chi connectivity index (χ1) is 20.4. The molecule has 1 fully saturated rings. The van der Waals surface area contributed by atoms with Gasteiger partial charge in [-0.15, -0.1) is 49.8 Å². The first-order valence-corrected chi connectivity index (χ1v) is 17.7. The molecule has 5 aliphatic carbocycles. The van der Waals surface area contributed by atoms with Crippen molar-refractivity contribution in [1.29, 1.82) is 0 Å². The Morgan fingerprint density at radius 2 is 1.56 bits per heavy atom. The van der Waals surface area contributed by atoms with Gasteiger partial charge in [0.15, 0.2) is 0 Å². The van der Waals surface area contributed by atoms with Crippen LogP contribution in [-0.4, -0.2) is 4.21 Å². The summed E-state index contributed by atoms with van der Waals surface area (Å²) >= 11 is 6.82. The molecule has 7 rings (SSSR count). The van der Waals surface area contributed by atoms with Gasteiger partial charge in [0.1, 0.15) is 0 Å². The first kappa shape index (κ1) is 39.8. The van der Waals surface area contributed by atoms with Crippen molar-refractivity contribution in [2.75, 3.05) is 0 Å². The number of fused-ring (bicyclic) bond motifs is 6. The summed E-state index contributed by atoms with van der Waals surface area (Å²) in [6, 6.07) is 19.2. The van der Waals surface area contributed by atoms with Crippen LogP contribution in [-0.2, 0) is 30.7 Å². The van der Waals surface area contributed by atoms with Gasteiger partial charge in [-0.3, -0.25) is 6.08 Å². The second-order valence-corrected chi connectivity index (χ2v) is 14.4. The van der Waals surface area contributed by atoms with E-state index < -0.39 is 0 Å². The molecule has 45 heavy (non-hydrogen) atoms. The summed E-state index contributed by atoms with van der Waals surface area (Å²) in [5, 5.41) is 0.763. The quantitative estimate of drug-likeness (QED) is 0.236. The van der Waals surface area contributed by atoms with Crippen LogP contribution in [0.5, 0.6) is 0 Å². The molecule has 0 bridgehead atoms. The summed E-state index contributed by atoms with van der Waals surface area (Å²) in [4.78, 5) is 0. The standard InChI is InChI=1S/C29H37.C6H4Cl.C5H5.CH2.2ClH.Zr/c1-18-25-22-17-19-13-9-10-14-20(19)24(22)21-15-11-12-16-23(21)29(25,8)28(6,7)27(4,5)26(18,2)3;7-6-4-2-1-3-5-6;1-2-4-5-3-1;;;;/h9-11,13-15,23H,12,16-17H2,1-8H3;2-5H;1-3H,4H2;1H2;2*1H;/q3*-1;;;;. The fourth-order valence-electron chi connectivity index (χ4n) is 8.27. The van der Waals surface area contributed by atoms with Crippen LogP contribution in [0.4, 0.5) is 0 Å². The van der Waals surface area contributed by atoms with Gasteiger partial charge in [-0.05, 0) is 40.6 Å². The van der Waals surface area contributed by atoms with Crippen LogP contribution in [0.2, 0.25) is 5.02 Å². The van der Waals surface area contributed by atoms with Crippen molar-refractivity contribution in [3.05, 3.63) is 130 Å². The third kappa shape index (κ3) is 6.68. The average molecular weight is 740 g/mol. The van der Waals surface area contributed by atoms with E-state index in [-0.39, 0.29) is 46.5 Å². The van der Waals surface area contributed by atoms with Crippen LogP contribution >= 0.6 is 36.4 Å². The maximum atomic E-state index is 5.52. The molecule has 4 heteroatoms. The second kappa shape index (κ2) is 15.7. The third-order valence-electron chi connectivity index (χ3n) is 12.1. The zero-order valence-electron chi connectivity index (χ0n) is 28.3. The van der Waals surface area contributed by atoms with E-state index in [4.69, 9.17) is 11.6 Å². The van der Waals surface area contributed by atoms with E-state index in [1.807, 2.05) is 12.2 Å². The summed E-state index contributed by atoms with van der Waals surface area (Å²) in [5.41, 5.74) is 10.3. The number of benzene rings is 2. The molecule has 2 aromatic carbocycles. The molecule has 0 aliphatic heterocycles. The molecule has 5 aliphatic rings. The third-order valence-corrected chi connectivity index (χ3v) is 12.3. The van der Waals surface area contributed by atoms with Crippen LogP contribution in [0.1, 0.15) is 85.8 Å². The van der Waals surface area contributed by atoms with Gasteiger partial charge in [-0.2, -0.15) is 47.6 Å². The van der Waals surface area contributed by atoms with E-state index in [0.29, 0.717) is 5.92 Å². The summed E-state index contributed by atoms with van der Waals surface area (Å²) in [6.45, 7) is 20.3. The van der Waals surface area contributed by atoms with Crippen LogP contribution in [0.25, 0.3) is 5.57 Å². The van der Waals surface area contributed by atoms with Crippen molar-refractivity contribution in [1.82, 2.24) is 0 Å². The predicted octanol–water partition coefficient (Wildman–Crippen LogP) is 12.2. The Labute approximate surface area is 306 Å². The van der Waals surface area contributed by atoms with E-state index in [2.05, 4.69) is 114 Å². The van der Waals surface area contributed by atoms with Crippen molar-refractivity contribution in [2.24, 2.45) is 27.6 Å². The molecule has 0 spiro atoms. The zero-order valence-corrected chi connectivity index (χ0v) is 33.2. The Morgan fingerprint density at radius 3 is 2.09 bits per heavy atom. The molecule has 0 radical (unpaired) electrons. The molecule has 242 valence electrons. The molecule has 1 saturated carbocycles. The van der Waals surface area contributed by atoms with Crippen molar-refractivity contribution >= 4 is 46.2 Å². The molecular weight excluding hydrogens is 690 g/mol. The van der Waals surface area contributed by atoms with Gasteiger partial charge in [0, 0.05) is 0 Å². The van der Waals surface area contributed by atoms with Crippen molar-refractivity contribution in [2.45, 2.75) is 81.1 Å². The minimum absolute atomic E-state index is 0. The van der Waals surface area contributed by atoms with Gasteiger partial charge in [0.25, 0.3) is 0 Å². The van der Waals surface area contributed by atoms with Crippen LogP contribution in [0.3, 0.4) is 0 Å². The van der Waals surface area contributed by atoms with Gasteiger partial charge in [0.05, 0.1) is 0 Å². The Morgan fingerprint density at radius 1 is 0.911 bits per heavy atom. The zero-order chi connectivity index (χ0) is 31.6. The Hall–Kier alpha value is -1.37. The maximum absolute atomic E-state index is 5.52. The number of halogens is 3. The van der Waals surface area contributed by atoms with Gasteiger partial charge < -0.3 is 0 Å². The number of hydrogen-bond acceptors (Lipinski definition) is 0. The minimum atomic E-state index is 0. The monoisotopic (exact) mass is 737 g/mol. The topological polar surface area (TPSA) is 0 Å². The summed E-state index contributed by atoms with van der Waals surface area (Å²) in [7, 11) is 0. The van der Waals surface area contributed by atoms with Gasteiger partial charge in [-0.1, -0.05) is 118 Å². The molecule has 0 aromatic heterocycles. The molecule has 0 saturated heterocycles. The second-order valence-electron chi connectivity index (χ2n) is 14.0. The Kier molecular flexibility index (Phi) is 13.9. The van der Waals surface area contributed by atoms with E-state index in [9.17, 15) is 0 Å². The van der Waals surface area contributed by atoms with E-state index in [1.165, 1.54) is 48.2 Å². The SMILES string of the molecule is C[C-]1C2=C3Cc4ccccc4C3=C3C=CCCC3C2(C)C(C)(C)C(C)(C)C1(C)C.Cl.Cl.Clc1cc[c-]cc1.[C-]1=CC=CC1.[CH2]=[Zr]. The van der Waals surface area contributed by atoms with Crippen molar-refractivity contribution in [3.8, 4) is 0 Å². The molecule has 0 heterocycles. The number of hydrogen-bond donors (Lipinski definition) is 0. The van der Waals surface area contributed by atoms with Crippen LogP contribution in [0, 0.1) is 45.6 Å². The van der Waals surface area contributed by atoms with E-state index in [0.717, 1.165) is 17.9 Å².